The fourth-order valence-electron chi connectivity index (χ4n) is 1.24. The molecule has 0 aromatic heterocycles. The van der Waals surface area contributed by atoms with Gasteiger partial charge in [0.05, 0.1) is 6.54 Å². The average molecular weight is 171 g/mol. The number of likely N-dealkylation sites (tertiary alicyclic amines) is 1. The van der Waals surface area contributed by atoms with Gasteiger partial charge in [-0.15, -0.1) is 0 Å². The first-order chi connectivity index (χ1) is 5.52. The molecule has 1 atom stereocenters. The van der Waals surface area contributed by atoms with Crippen molar-refractivity contribution in [2.24, 2.45) is 0 Å². The predicted molar refractivity (Wildman–Crippen MR) is 38.4 cm³/mol. The summed E-state index contributed by atoms with van der Waals surface area (Å²) in [4.78, 5) is 33.2. The third-order valence-electron chi connectivity index (χ3n) is 1.83. The van der Waals surface area contributed by atoms with Crippen LogP contribution in [0.5, 0.6) is 0 Å². The van der Waals surface area contributed by atoms with E-state index in [1.807, 2.05) is 0 Å². The van der Waals surface area contributed by atoms with Crippen molar-refractivity contribution in [1.82, 2.24) is 4.90 Å². The molecule has 0 unspecified atom stereocenters. The Kier molecular flexibility index (Phi) is 2.12. The molecule has 0 bridgehead atoms. The summed E-state index contributed by atoms with van der Waals surface area (Å²) in [5, 5.41) is 8.60. The number of carbonyl (C=O) groups excluding carboxylic acids is 2. The Morgan fingerprint density at radius 3 is 2.50 bits per heavy atom. The summed E-state index contributed by atoms with van der Waals surface area (Å²) in [6.07, 6.45) is -0.0606. The van der Waals surface area contributed by atoms with Crippen molar-refractivity contribution in [1.29, 1.82) is 0 Å². The van der Waals surface area contributed by atoms with Crippen LogP contribution in [0.25, 0.3) is 0 Å². The van der Waals surface area contributed by atoms with Gasteiger partial charge in [0.1, 0.15) is 6.04 Å². The summed E-state index contributed by atoms with van der Waals surface area (Å²) in [5.41, 5.74) is 0. The first-order valence-corrected chi connectivity index (χ1v) is 3.54. The summed E-state index contributed by atoms with van der Waals surface area (Å²) in [6.45, 7) is 1.20. The molecule has 5 heteroatoms. The van der Waals surface area contributed by atoms with E-state index in [0.717, 1.165) is 4.90 Å². The van der Waals surface area contributed by atoms with E-state index in [9.17, 15) is 14.4 Å². The molecule has 0 radical (unpaired) electrons. The molecule has 5 nitrogen and oxygen atoms in total. The molecule has 1 aliphatic heterocycles. The Hall–Kier alpha value is -1.39. The molecule has 0 aromatic carbocycles. The van der Waals surface area contributed by atoms with E-state index >= 15 is 0 Å². The standard InChI is InChI=1S/C7H9NO4/c1-4(9)8-3-5(10)2-6(8)7(11)12/h6H,2-3H2,1H3,(H,11,12)/t6-/m0/s1. The maximum Gasteiger partial charge on any atom is 0.326 e. The SMILES string of the molecule is CC(=O)N1CC(=O)C[C@H]1C(=O)O. The molecule has 12 heavy (non-hydrogen) atoms. The van der Waals surface area contributed by atoms with Crippen LogP contribution in [0.2, 0.25) is 0 Å². The van der Waals surface area contributed by atoms with E-state index in [-0.39, 0.29) is 24.7 Å². The van der Waals surface area contributed by atoms with Crippen LogP contribution in [-0.2, 0) is 14.4 Å². The normalized spacial score (nSPS) is 22.9. The van der Waals surface area contributed by atoms with Gasteiger partial charge in [0.25, 0.3) is 0 Å². The molecule has 0 aliphatic carbocycles. The molecule has 1 heterocycles. The minimum Gasteiger partial charge on any atom is -0.480 e. The fourth-order valence-corrected chi connectivity index (χ4v) is 1.24. The molecular weight excluding hydrogens is 162 g/mol. The van der Waals surface area contributed by atoms with E-state index in [4.69, 9.17) is 5.11 Å². The van der Waals surface area contributed by atoms with Gasteiger partial charge in [-0.25, -0.2) is 4.79 Å². The van der Waals surface area contributed by atoms with Crippen molar-refractivity contribution in [3.63, 3.8) is 0 Å². The Balaban J connectivity index is 2.79. The molecule has 1 amide bonds. The second-order valence-corrected chi connectivity index (χ2v) is 2.74. The molecule has 0 saturated carbocycles. The van der Waals surface area contributed by atoms with Crippen LogP contribution < -0.4 is 0 Å². The number of amides is 1. The van der Waals surface area contributed by atoms with Gasteiger partial charge in [-0.05, 0) is 0 Å². The van der Waals surface area contributed by atoms with E-state index in [1.165, 1.54) is 6.92 Å². The lowest BCUT2D eigenvalue weighted by molar-refractivity contribution is -0.147. The van der Waals surface area contributed by atoms with Crippen molar-refractivity contribution in [3.05, 3.63) is 0 Å². The summed E-state index contributed by atoms with van der Waals surface area (Å²) < 4.78 is 0. The van der Waals surface area contributed by atoms with Crippen LogP contribution in [0.3, 0.4) is 0 Å². The lowest BCUT2D eigenvalue weighted by Gasteiger charge is -2.17. The van der Waals surface area contributed by atoms with Crippen molar-refractivity contribution in [2.75, 3.05) is 6.54 Å². The molecule has 1 fully saturated rings. The molecule has 1 rings (SSSR count). The smallest absolute Gasteiger partial charge is 0.326 e. The molecule has 0 aromatic rings. The third-order valence-corrected chi connectivity index (χ3v) is 1.83. The Morgan fingerprint density at radius 2 is 2.17 bits per heavy atom. The number of carboxylic acid groups (broad SMARTS) is 1. The van der Waals surface area contributed by atoms with Crippen LogP contribution in [-0.4, -0.2) is 40.3 Å². The first-order valence-electron chi connectivity index (χ1n) is 3.54. The number of rotatable bonds is 1. The quantitative estimate of drug-likeness (QED) is 0.564. The largest absolute Gasteiger partial charge is 0.480 e. The predicted octanol–water partition coefficient (Wildman–Crippen LogP) is -0.739. The number of ketones is 1. The van der Waals surface area contributed by atoms with Gasteiger partial charge in [-0.1, -0.05) is 0 Å². The summed E-state index contributed by atoms with van der Waals surface area (Å²) >= 11 is 0. The van der Waals surface area contributed by atoms with Gasteiger partial charge in [-0.2, -0.15) is 0 Å². The summed E-state index contributed by atoms with van der Waals surface area (Å²) in [5.74, 6) is -1.68. The highest BCUT2D eigenvalue weighted by Gasteiger charge is 2.36. The zero-order valence-electron chi connectivity index (χ0n) is 6.61. The number of carbonyl (C=O) groups is 3. The lowest BCUT2D eigenvalue weighted by atomic mass is 10.2. The number of Topliss-reactive ketones (excluding diaryl/α,β-unsaturated/α-hetero) is 1. The monoisotopic (exact) mass is 171 g/mol. The fraction of sp³-hybridized carbons (Fsp3) is 0.571. The van der Waals surface area contributed by atoms with E-state index < -0.39 is 12.0 Å². The van der Waals surface area contributed by atoms with Crippen molar-refractivity contribution in [3.8, 4) is 0 Å². The highest BCUT2D eigenvalue weighted by atomic mass is 16.4. The summed E-state index contributed by atoms with van der Waals surface area (Å²) in [6, 6.07) is -0.949. The summed E-state index contributed by atoms with van der Waals surface area (Å²) in [7, 11) is 0. The zero-order valence-corrected chi connectivity index (χ0v) is 6.61. The Labute approximate surface area is 69.0 Å². The number of carboxylic acids is 1. The topological polar surface area (TPSA) is 74.7 Å². The number of hydrogen-bond acceptors (Lipinski definition) is 3. The number of hydrogen-bond donors (Lipinski definition) is 1. The maximum atomic E-state index is 10.8. The molecule has 1 saturated heterocycles. The van der Waals surface area contributed by atoms with Crippen LogP contribution in [0, 0.1) is 0 Å². The van der Waals surface area contributed by atoms with E-state index in [2.05, 4.69) is 0 Å². The van der Waals surface area contributed by atoms with Gasteiger partial charge in [0, 0.05) is 13.3 Å². The minimum atomic E-state index is -1.11. The minimum absolute atomic E-state index is 0.0606. The second kappa shape index (κ2) is 2.92. The van der Waals surface area contributed by atoms with Crippen molar-refractivity contribution >= 4 is 17.7 Å². The van der Waals surface area contributed by atoms with Gasteiger partial charge < -0.3 is 10.0 Å². The lowest BCUT2D eigenvalue weighted by Crippen LogP contribution is -2.39. The van der Waals surface area contributed by atoms with Gasteiger partial charge in [0.15, 0.2) is 5.78 Å². The third kappa shape index (κ3) is 1.44. The first kappa shape index (κ1) is 8.70. The van der Waals surface area contributed by atoms with Gasteiger partial charge >= 0.3 is 5.97 Å². The van der Waals surface area contributed by atoms with Crippen molar-refractivity contribution in [2.45, 2.75) is 19.4 Å². The van der Waals surface area contributed by atoms with Crippen LogP contribution >= 0.6 is 0 Å². The van der Waals surface area contributed by atoms with E-state index in [0.29, 0.717) is 0 Å². The van der Waals surface area contributed by atoms with Gasteiger partial charge in [-0.3, -0.25) is 9.59 Å². The Bertz CT molecular complexity index is 224. The second-order valence-electron chi connectivity index (χ2n) is 2.74. The van der Waals surface area contributed by atoms with Crippen LogP contribution in [0.1, 0.15) is 13.3 Å². The van der Waals surface area contributed by atoms with E-state index in [1.54, 1.807) is 0 Å². The maximum absolute atomic E-state index is 10.8. The molecule has 0 spiro atoms. The highest BCUT2D eigenvalue weighted by molar-refractivity contribution is 5.96. The molecular formula is C7H9NO4. The van der Waals surface area contributed by atoms with Crippen LogP contribution in [0.4, 0.5) is 0 Å². The average Bonchev–Trinajstić information content (AvgIpc) is 2.31. The molecule has 1 N–H and O–H groups in total. The number of aliphatic carboxylic acids is 1. The highest BCUT2D eigenvalue weighted by Crippen LogP contribution is 2.14. The van der Waals surface area contributed by atoms with Crippen molar-refractivity contribution < 1.29 is 19.5 Å². The number of nitrogens with zero attached hydrogens (tertiary/aromatic N) is 1. The molecule has 66 valence electrons. The van der Waals surface area contributed by atoms with Gasteiger partial charge in [0.2, 0.25) is 5.91 Å². The zero-order chi connectivity index (χ0) is 9.30. The van der Waals surface area contributed by atoms with Crippen LogP contribution in [0.15, 0.2) is 0 Å². The Morgan fingerprint density at radius 1 is 1.58 bits per heavy atom. The molecule has 1 aliphatic rings.